The molecule has 1 aromatic rings. The first-order chi connectivity index (χ1) is 7.97. The van der Waals surface area contributed by atoms with E-state index in [9.17, 15) is 9.59 Å². The van der Waals surface area contributed by atoms with Gasteiger partial charge in [-0.2, -0.15) is 0 Å². The molecule has 0 saturated heterocycles. The highest BCUT2D eigenvalue weighted by atomic mass is 16.2. The third-order valence-corrected chi connectivity index (χ3v) is 2.31. The van der Waals surface area contributed by atoms with Gasteiger partial charge in [0.25, 0.3) is 5.91 Å². The first-order valence-corrected chi connectivity index (χ1v) is 5.60. The van der Waals surface area contributed by atoms with Crippen molar-refractivity contribution in [2.45, 2.75) is 27.7 Å². The summed E-state index contributed by atoms with van der Waals surface area (Å²) in [4.78, 5) is 22.5. The fourth-order valence-corrected chi connectivity index (χ4v) is 1.50. The molecule has 4 heteroatoms. The highest BCUT2D eigenvalue weighted by Gasteiger charge is 2.12. The van der Waals surface area contributed by atoms with Crippen molar-refractivity contribution in [3.8, 4) is 0 Å². The summed E-state index contributed by atoms with van der Waals surface area (Å²) >= 11 is 0. The lowest BCUT2D eigenvalue weighted by atomic mass is 9.99. The quantitative estimate of drug-likeness (QED) is 0.821. The Hall–Kier alpha value is -1.84. The molecule has 0 saturated carbocycles. The van der Waals surface area contributed by atoms with Crippen LogP contribution in [0.25, 0.3) is 0 Å². The van der Waals surface area contributed by atoms with E-state index in [2.05, 4.69) is 5.32 Å². The van der Waals surface area contributed by atoms with Crippen molar-refractivity contribution >= 4 is 11.8 Å². The highest BCUT2D eigenvalue weighted by molar-refractivity contribution is 6.00. The van der Waals surface area contributed by atoms with E-state index in [1.807, 2.05) is 20.8 Å². The molecular formula is C13H20N2O2. The molecule has 0 aliphatic heterocycles. The Balaban J connectivity index is 0.00000121. The molecule has 3 N–H and O–H groups in total. The van der Waals surface area contributed by atoms with Gasteiger partial charge in [0, 0.05) is 18.2 Å². The normalized spacial score (nSPS) is 9.00. The van der Waals surface area contributed by atoms with E-state index in [1.54, 1.807) is 20.0 Å². The van der Waals surface area contributed by atoms with Crippen molar-refractivity contribution in [3.63, 3.8) is 0 Å². The molecule has 0 aliphatic rings. The smallest absolute Gasteiger partial charge is 0.251 e. The Morgan fingerprint density at radius 2 is 1.53 bits per heavy atom. The largest absolute Gasteiger partial charge is 0.366 e. The number of primary amides is 1. The minimum Gasteiger partial charge on any atom is -0.366 e. The molecule has 0 fully saturated rings. The average Bonchev–Trinajstić information content (AvgIpc) is 2.30. The van der Waals surface area contributed by atoms with Gasteiger partial charge in [0.05, 0.1) is 0 Å². The van der Waals surface area contributed by atoms with Crippen LogP contribution in [0, 0.1) is 13.8 Å². The summed E-state index contributed by atoms with van der Waals surface area (Å²) in [6, 6.07) is 3.32. The Labute approximate surface area is 102 Å². The molecule has 4 nitrogen and oxygen atoms in total. The molecule has 1 aromatic carbocycles. The lowest BCUT2D eigenvalue weighted by molar-refractivity contribution is 0.0962. The monoisotopic (exact) mass is 236 g/mol. The number of nitrogens with two attached hydrogens (primary N) is 1. The third-order valence-electron chi connectivity index (χ3n) is 2.31. The van der Waals surface area contributed by atoms with E-state index < -0.39 is 5.91 Å². The molecule has 0 atom stereocenters. The van der Waals surface area contributed by atoms with Crippen molar-refractivity contribution in [1.29, 1.82) is 0 Å². The fraction of sp³-hybridized carbons (Fsp3) is 0.385. The van der Waals surface area contributed by atoms with Crippen molar-refractivity contribution < 1.29 is 9.59 Å². The van der Waals surface area contributed by atoms with Crippen LogP contribution in [-0.2, 0) is 0 Å². The summed E-state index contributed by atoms with van der Waals surface area (Å²) in [5.41, 5.74) is 7.69. The van der Waals surface area contributed by atoms with E-state index in [4.69, 9.17) is 5.73 Å². The van der Waals surface area contributed by atoms with Crippen LogP contribution >= 0.6 is 0 Å². The number of benzene rings is 1. The summed E-state index contributed by atoms with van der Waals surface area (Å²) in [6.45, 7) is 7.61. The summed E-state index contributed by atoms with van der Waals surface area (Å²) in [7, 11) is 1.55. The van der Waals surface area contributed by atoms with Gasteiger partial charge in [0.15, 0.2) is 0 Å². The Morgan fingerprint density at radius 3 is 1.94 bits per heavy atom. The van der Waals surface area contributed by atoms with Crippen LogP contribution in [0.4, 0.5) is 0 Å². The molecule has 0 heterocycles. The lowest BCUT2D eigenvalue weighted by Crippen LogP contribution is -2.21. The summed E-state index contributed by atoms with van der Waals surface area (Å²) in [5.74, 6) is -0.729. The van der Waals surface area contributed by atoms with E-state index in [0.29, 0.717) is 11.1 Å². The van der Waals surface area contributed by atoms with Gasteiger partial charge in [-0.15, -0.1) is 0 Å². The van der Waals surface area contributed by atoms with E-state index in [0.717, 1.165) is 11.1 Å². The standard InChI is InChI=1S/C11H14N2O2.C2H6/c1-6-4-7(2)9(11(15)13-3)5-8(6)10(12)14;1-2/h4-5H,1-3H3,(H2,12,14)(H,13,15);1-2H3. The van der Waals surface area contributed by atoms with Crippen LogP contribution in [0.5, 0.6) is 0 Å². The van der Waals surface area contributed by atoms with Gasteiger partial charge in [-0.25, -0.2) is 0 Å². The van der Waals surface area contributed by atoms with Gasteiger partial charge in [0.2, 0.25) is 5.91 Å². The van der Waals surface area contributed by atoms with Crippen LogP contribution < -0.4 is 11.1 Å². The number of rotatable bonds is 2. The first-order valence-electron chi connectivity index (χ1n) is 5.60. The topological polar surface area (TPSA) is 72.2 Å². The second-order valence-corrected chi connectivity index (χ2v) is 3.43. The minimum absolute atomic E-state index is 0.213. The number of carbonyl (C=O) groups is 2. The van der Waals surface area contributed by atoms with Gasteiger partial charge in [-0.1, -0.05) is 19.9 Å². The Morgan fingerprint density at radius 1 is 1.06 bits per heavy atom. The fourth-order valence-electron chi connectivity index (χ4n) is 1.50. The molecule has 0 spiro atoms. The van der Waals surface area contributed by atoms with Crippen molar-refractivity contribution in [3.05, 3.63) is 34.4 Å². The van der Waals surface area contributed by atoms with Crippen LogP contribution in [0.15, 0.2) is 12.1 Å². The minimum atomic E-state index is -0.516. The molecule has 17 heavy (non-hydrogen) atoms. The van der Waals surface area contributed by atoms with Gasteiger partial charge >= 0.3 is 0 Å². The van der Waals surface area contributed by atoms with Gasteiger partial charge in [-0.3, -0.25) is 9.59 Å². The molecule has 1 rings (SSSR count). The van der Waals surface area contributed by atoms with E-state index in [1.165, 1.54) is 6.07 Å². The average molecular weight is 236 g/mol. The number of hydrogen-bond acceptors (Lipinski definition) is 2. The Kier molecular flexibility index (Phi) is 5.96. The summed E-state index contributed by atoms with van der Waals surface area (Å²) < 4.78 is 0. The maximum atomic E-state index is 11.5. The third kappa shape index (κ3) is 3.59. The van der Waals surface area contributed by atoms with E-state index in [-0.39, 0.29) is 5.91 Å². The lowest BCUT2D eigenvalue weighted by Gasteiger charge is -2.08. The second-order valence-electron chi connectivity index (χ2n) is 3.43. The molecular weight excluding hydrogens is 216 g/mol. The van der Waals surface area contributed by atoms with E-state index >= 15 is 0 Å². The van der Waals surface area contributed by atoms with Gasteiger partial charge in [0.1, 0.15) is 0 Å². The van der Waals surface area contributed by atoms with Crippen LogP contribution in [0.3, 0.4) is 0 Å². The van der Waals surface area contributed by atoms with Crippen molar-refractivity contribution in [2.75, 3.05) is 7.05 Å². The number of carbonyl (C=O) groups excluding carboxylic acids is 2. The zero-order valence-corrected chi connectivity index (χ0v) is 11.0. The SMILES string of the molecule is CC.CNC(=O)c1cc(C(N)=O)c(C)cc1C. The van der Waals surface area contributed by atoms with Crippen LogP contribution in [0.1, 0.15) is 45.7 Å². The number of nitrogens with one attached hydrogen (secondary N) is 1. The number of hydrogen-bond donors (Lipinski definition) is 2. The summed E-state index contributed by atoms with van der Waals surface area (Å²) in [5, 5.41) is 2.52. The Bertz CT molecular complexity index is 426. The molecule has 0 aromatic heterocycles. The predicted molar refractivity (Wildman–Crippen MR) is 69.2 cm³/mol. The van der Waals surface area contributed by atoms with Crippen molar-refractivity contribution in [2.24, 2.45) is 5.73 Å². The maximum absolute atomic E-state index is 11.5. The number of aryl methyl sites for hydroxylation is 2. The second kappa shape index (κ2) is 6.68. The summed E-state index contributed by atoms with van der Waals surface area (Å²) in [6.07, 6.45) is 0. The zero-order valence-electron chi connectivity index (χ0n) is 11.0. The zero-order chi connectivity index (χ0) is 13.6. The van der Waals surface area contributed by atoms with Crippen LogP contribution in [-0.4, -0.2) is 18.9 Å². The molecule has 0 bridgehead atoms. The maximum Gasteiger partial charge on any atom is 0.251 e. The molecule has 0 unspecified atom stereocenters. The molecule has 0 radical (unpaired) electrons. The molecule has 94 valence electrons. The number of amides is 2. The van der Waals surface area contributed by atoms with Crippen molar-refractivity contribution in [1.82, 2.24) is 5.32 Å². The van der Waals surface area contributed by atoms with Crippen LogP contribution in [0.2, 0.25) is 0 Å². The van der Waals surface area contributed by atoms with Gasteiger partial charge in [-0.05, 0) is 31.0 Å². The molecule has 2 amide bonds. The molecule has 0 aliphatic carbocycles. The highest BCUT2D eigenvalue weighted by Crippen LogP contribution is 2.15. The van der Waals surface area contributed by atoms with Gasteiger partial charge < -0.3 is 11.1 Å². The first kappa shape index (κ1) is 15.2. The predicted octanol–water partition coefficient (Wildman–Crippen LogP) is 1.79.